The van der Waals surface area contributed by atoms with Crippen LogP contribution >= 0.6 is 0 Å². The van der Waals surface area contributed by atoms with Crippen LogP contribution in [-0.2, 0) is 0 Å². The average molecular weight is 325 g/mol. The minimum atomic E-state index is -0.451. The standard InChI is InChI=1S/C17H15N3O4/c1-2-11-23-15-9-5-13(6-10-15)17-18-16(19-24-17)12-3-7-14(8-4-12)20(21)22/h3-10H,2,11H2,1H3. The van der Waals surface area contributed by atoms with Crippen LogP contribution in [0.3, 0.4) is 0 Å². The summed E-state index contributed by atoms with van der Waals surface area (Å²) in [6, 6.07) is 13.4. The Morgan fingerprint density at radius 3 is 2.38 bits per heavy atom. The molecule has 0 fully saturated rings. The number of nitrogens with zero attached hydrogens (tertiary/aromatic N) is 3. The van der Waals surface area contributed by atoms with Gasteiger partial charge >= 0.3 is 0 Å². The second-order valence-corrected chi connectivity index (χ2v) is 5.10. The second kappa shape index (κ2) is 6.91. The Balaban J connectivity index is 1.78. The zero-order chi connectivity index (χ0) is 16.9. The quantitative estimate of drug-likeness (QED) is 0.500. The second-order valence-electron chi connectivity index (χ2n) is 5.10. The number of hydrogen-bond donors (Lipinski definition) is 0. The molecule has 1 aromatic heterocycles. The molecule has 2 aromatic carbocycles. The van der Waals surface area contributed by atoms with E-state index in [1.54, 1.807) is 12.1 Å². The van der Waals surface area contributed by atoms with Crippen molar-refractivity contribution in [3.8, 4) is 28.6 Å². The molecule has 122 valence electrons. The van der Waals surface area contributed by atoms with E-state index < -0.39 is 4.92 Å². The van der Waals surface area contributed by atoms with E-state index in [1.807, 2.05) is 31.2 Å². The van der Waals surface area contributed by atoms with E-state index in [0.717, 1.165) is 17.7 Å². The first kappa shape index (κ1) is 15.7. The largest absolute Gasteiger partial charge is 0.494 e. The van der Waals surface area contributed by atoms with Gasteiger partial charge in [0.1, 0.15) is 5.75 Å². The van der Waals surface area contributed by atoms with Crippen LogP contribution < -0.4 is 4.74 Å². The first-order valence-corrected chi connectivity index (χ1v) is 7.49. The number of ether oxygens (including phenoxy) is 1. The fourth-order valence-corrected chi connectivity index (χ4v) is 2.10. The van der Waals surface area contributed by atoms with Gasteiger partial charge in [-0.2, -0.15) is 4.98 Å². The maximum atomic E-state index is 10.7. The zero-order valence-corrected chi connectivity index (χ0v) is 13.0. The van der Waals surface area contributed by atoms with Gasteiger partial charge < -0.3 is 9.26 Å². The molecule has 7 nitrogen and oxygen atoms in total. The maximum Gasteiger partial charge on any atom is 0.269 e. The summed E-state index contributed by atoms with van der Waals surface area (Å²) in [6.07, 6.45) is 0.948. The average Bonchev–Trinajstić information content (AvgIpc) is 3.10. The van der Waals surface area contributed by atoms with Crippen LogP contribution in [0.1, 0.15) is 13.3 Å². The monoisotopic (exact) mass is 325 g/mol. The molecule has 0 saturated heterocycles. The normalized spacial score (nSPS) is 10.5. The molecule has 0 bridgehead atoms. The summed E-state index contributed by atoms with van der Waals surface area (Å²) in [5.41, 5.74) is 1.45. The van der Waals surface area contributed by atoms with E-state index in [9.17, 15) is 10.1 Å². The summed E-state index contributed by atoms with van der Waals surface area (Å²) in [5.74, 6) is 1.55. The fourth-order valence-electron chi connectivity index (χ4n) is 2.10. The van der Waals surface area contributed by atoms with Crippen molar-refractivity contribution < 1.29 is 14.2 Å². The lowest BCUT2D eigenvalue weighted by atomic mass is 10.2. The minimum absolute atomic E-state index is 0.0186. The van der Waals surface area contributed by atoms with Crippen LogP contribution in [0.25, 0.3) is 22.8 Å². The van der Waals surface area contributed by atoms with Gasteiger partial charge in [0.05, 0.1) is 11.5 Å². The van der Waals surface area contributed by atoms with Gasteiger partial charge in [-0.3, -0.25) is 10.1 Å². The first-order valence-electron chi connectivity index (χ1n) is 7.49. The molecular weight excluding hydrogens is 310 g/mol. The fraction of sp³-hybridized carbons (Fsp3) is 0.176. The number of nitro benzene ring substituents is 1. The van der Waals surface area contributed by atoms with E-state index in [1.165, 1.54) is 12.1 Å². The Morgan fingerprint density at radius 2 is 1.75 bits per heavy atom. The Kier molecular flexibility index (Phi) is 4.51. The molecule has 0 N–H and O–H groups in total. The summed E-state index contributed by atoms with van der Waals surface area (Å²) in [6.45, 7) is 2.72. The van der Waals surface area contributed by atoms with E-state index >= 15 is 0 Å². The molecule has 1 heterocycles. The molecule has 0 aliphatic heterocycles. The molecule has 0 spiro atoms. The van der Waals surface area contributed by atoms with Crippen LogP contribution in [0.4, 0.5) is 5.69 Å². The SMILES string of the molecule is CCCOc1ccc(-c2nc(-c3ccc([N+](=O)[O-])cc3)no2)cc1. The molecular formula is C17H15N3O4. The van der Waals surface area contributed by atoms with Crippen molar-refractivity contribution in [1.82, 2.24) is 10.1 Å². The van der Waals surface area contributed by atoms with E-state index in [2.05, 4.69) is 10.1 Å². The van der Waals surface area contributed by atoms with Gasteiger partial charge in [-0.25, -0.2) is 0 Å². The Morgan fingerprint density at radius 1 is 1.08 bits per heavy atom. The molecule has 3 rings (SSSR count). The summed E-state index contributed by atoms with van der Waals surface area (Å²) in [4.78, 5) is 14.6. The van der Waals surface area contributed by atoms with Gasteiger partial charge in [-0.1, -0.05) is 12.1 Å². The highest BCUT2D eigenvalue weighted by Gasteiger charge is 2.12. The van der Waals surface area contributed by atoms with Crippen LogP contribution in [0.15, 0.2) is 53.1 Å². The third-order valence-corrected chi connectivity index (χ3v) is 3.34. The molecule has 0 radical (unpaired) electrons. The lowest BCUT2D eigenvalue weighted by Gasteiger charge is -2.03. The lowest BCUT2D eigenvalue weighted by molar-refractivity contribution is -0.384. The first-order chi connectivity index (χ1) is 11.7. The van der Waals surface area contributed by atoms with Crippen molar-refractivity contribution in [2.45, 2.75) is 13.3 Å². The molecule has 3 aromatic rings. The number of rotatable bonds is 6. The highest BCUT2D eigenvalue weighted by molar-refractivity contribution is 5.61. The van der Waals surface area contributed by atoms with Gasteiger partial charge in [0.2, 0.25) is 5.82 Å². The summed E-state index contributed by atoms with van der Waals surface area (Å²) >= 11 is 0. The van der Waals surface area contributed by atoms with E-state index in [4.69, 9.17) is 9.26 Å². The van der Waals surface area contributed by atoms with Crippen molar-refractivity contribution in [2.24, 2.45) is 0 Å². The van der Waals surface area contributed by atoms with Gasteiger partial charge in [-0.05, 0) is 42.8 Å². The molecule has 0 saturated carbocycles. The maximum absolute atomic E-state index is 10.7. The number of hydrogen-bond acceptors (Lipinski definition) is 6. The summed E-state index contributed by atoms with van der Waals surface area (Å²) in [7, 11) is 0. The van der Waals surface area contributed by atoms with Gasteiger partial charge in [0, 0.05) is 23.3 Å². The molecule has 7 heteroatoms. The lowest BCUT2D eigenvalue weighted by Crippen LogP contribution is -1.94. The Bertz CT molecular complexity index is 826. The Hall–Kier alpha value is -3.22. The molecule has 0 amide bonds. The van der Waals surface area contributed by atoms with Crippen molar-refractivity contribution in [3.05, 3.63) is 58.6 Å². The zero-order valence-electron chi connectivity index (χ0n) is 13.0. The summed E-state index contributed by atoms with van der Waals surface area (Å²) < 4.78 is 10.8. The van der Waals surface area contributed by atoms with Gasteiger partial charge in [0.15, 0.2) is 0 Å². The molecule has 24 heavy (non-hydrogen) atoms. The molecule has 0 atom stereocenters. The highest BCUT2D eigenvalue weighted by atomic mass is 16.6. The highest BCUT2D eigenvalue weighted by Crippen LogP contribution is 2.25. The van der Waals surface area contributed by atoms with Crippen molar-refractivity contribution in [1.29, 1.82) is 0 Å². The minimum Gasteiger partial charge on any atom is -0.494 e. The molecule has 0 unspecified atom stereocenters. The van der Waals surface area contributed by atoms with Crippen LogP contribution in [0.5, 0.6) is 5.75 Å². The van der Waals surface area contributed by atoms with Gasteiger partial charge in [0.25, 0.3) is 11.6 Å². The molecule has 0 aliphatic carbocycles. The van der Waals surface area contributed by atoms with Crippen LogP contribution in [-0.4, -0.2) is 21.7 Å². The third kappa shape index (κ3) is 3.40. The van der Waals surface area contributed by atoms with Crippen LogP contribution in [0, 0.1) is 10.1 Å². The van der Waals surface area contributed by atoms with Crippen molar-refractivity contribution in [3.63, 3.8) is 0 Å². The van der Waals surface area contributed by atoms with E-state index in [-0.39, 0.29) is 5.69 Å². The topological polar surface area (TPSA) is 91.3 Å². The predicted octanol–water partition coefficient (Wildman–Crippen LogP) is 4.10. The smallest absolute Gasteiger partial charge is 0.269 e. The van der Waals surface area contributed by atoms with E-state index in [0.29, 0.717) is 23.9 Å². The number of aromatic nitrogens is 2. The molecule has 0 aliphatic rings. The number of nitro groups is 1. The van der Waals surface area contributed by atoms with Gasteiger partial charge in [-0.15, -0.1) is 0 Å². The summed E-state index contributed by atoms with van der Waals surface area (Å²) in [5, 5.41) is 14.6. The number of non-ortho nitro benzene ring substituents is 1. The van der Waals surface area contributed by atoms with Crippen LogP contribution in [0.2, 0.25) is 0 Å². The predicted molar refractivity (Wildman–Crippen MR) is 87.6 cm³/mol. The Labute approximate surface area is 138 Å². The number of benzene rings is 2. The van der Waals surface area contributed by atoms with Crippen molar-refractivity contribution >= 4 is 5.69 Å². The third-order valence-electron chi connectivity index (χ3n) is 3.34. The van der Waals surface area contributed by atoms with Crippen molar-refractivity contribution in [2.75, 3.05) is 6.61 Å².